The van der Waals surface area contributed by atoms with Crippen molar-refractivity contribution in [3.8, 4) is 17.2 Å². The number of nitrogens with zero attached hydrogens (tertiary/aromatic N) is 1. The zero-order valence-corrected chi connectivity index (χ0v) is 14.4. The number of hydroxylamine groups is 2. The predicted molar refractivity (Wildman–Crippen MR) is 91.9 cm³/mol. The van der Waals surface area contributed by atoms with Crippen molar-refractivity contribution in [3.05, 3.63) is 53.6 Å². The van der Waals surface area contributed by atoms with E-state index >= 15 is 0 Å². The first kappa shape index (κ1) is 18.4. The molecule has 0 bridgehead atoms. The quantitative estimate of drug-likeness (QED) is 0.593. The van der Waals surface area contributed by atoms with Crippen molar-refractivity contribution in [3.63, 3.8) is 0 Å². The molecule has 0 aromatic heterocycles. The van der Waals surface area contributed by atoms with E-state index in [0.717, 1.165) is 5.56 Å². The summed E-state index contributed by atoms with van der Waals surface area (Å²) >= 11 is 0. The molecule has 2 amide bonds. The topological polar surface area (TPSA) is 94.2 Å². The summed E-state index contributed by atoms with van der Waals surface area (Å²) in [6.45, 7) is 1.97. The van der Waals surface area contributed by atoms with Gasteiger partial charge in [0.1, 0.15) is 6.61 Å². The Bertz CT molecular complexity index is 696. The van der Waals surface area contributed by atoms with Crippen LogP contribution in [0.5, 0.6) is 17.2 Å². The highest BCUT2D eigenvalue weighted by Crippen LogP contribution is 2.41. The summed E-state index contributed by atoms with van der Waals surface area (Å²) in [6.07, 6.45) is 0. The third kappa shape index (κ3) is 4.33. The molecule has 0 saturated carbocycles. The average Bonchev–Trinajstić information content (AvgIpc) is 2.65. The molecular formula is C18H22N2O5. The van der Waals surface area contributed by atoms with Gasteiger partial charge in [-0.25, -0.2) is 4.79 Å². The van der Waals surface area contributed by atoms with Crippen LogP contribution in [0.3, 0.4) is 0 Å². The Labute approximate surface area is 146 Å². The van der Waals surface area contributed by atoms with Crippen molar-refractivity contribution in [1.82, 2.24) is 5.06 Å². The first-order chi connectivity index (χ1) is 12.0. The van der Waals surface area contributed by atoms with E-state index in [4.69, 9.17) is 19.9 Å². The van der Waals surface area contributed by atoms with Crippen molar-refractivity contribution in [1.29, 1.82) is 0 Å². The van der Waals surface area contributed by atoms with Crippen molar-refractivity contribution in [2.45, 2.75) is 19.6 Å². The van der Waals surface area contributed by atoms with Crippen molar-refractivity contribution < 1.29 is 24.2 Å². The van der Waals surface area contributed by atoms with E-state index in [1.165, 1.54) is 14.2 Å². The van der Waals surface area contributed by atoms with Crippen LogP contribution in [-0.2, 0) is 6.61 Å². The molecule has 0 aliphatic rings. The van der Waals surface area contributed by atoms with E-state index in [9.17, 15) is 10.0 Å². The second kappa shape index (κ2) is 8.25. The number of methoxy groups -OCH3 is 2. The molecule has 1 unspecified atom stereocenters. The zero-order valence-electron chi connectivity index (χ0n) is 14.4. The lowest BCUT2D eigenvalue weighted by atomic mass is 10.1. The fourth-order valence-electron chi connectivity index (χ4n) is 2.35. The van der Waals surface area contributed by atoms with Gasteiger partial charge in [-0.2, -0.15) is 5.06 Å². The molecule has 0 fully saturated rings. The number of amides is 2. The molecule has 25 heavy (non-hydrogen) atoms. The zero-order chi connectivity index (χ0) is 18.4. The second-order valence-corrected chi connectivity index (χ2v) is 5.39. The van der Waals surface area contributed by atoms with E-state index < -0.39 is 12.1 Å². The molecule has 0 aliphatic heterocycles. The van der Waals surface area contributed by atoms with Gasteiger partial charge >= 0.3 is 6.03 Å². The maximum atomic E-state index is 11.2. The van der Waals surface area contributed by atoms with E-state index in [0.29, 0.717) is 34.5 Å². The first-order valence-corrected chi connectivity index (χ1v) is 7.68. The lowest BCUT2D eigenvalue weighted by Crippen LogP contribution is -2.34. The minimum Gasteiger partial charge on any atom is -0.493 e. The maximum absolute atomic E-state index is 11.2. The SMILES string of the molecule is COc1cc(C(C)N(O)C(N)=O)cc(OC)c1OCc1ccccc1. The van der Waals surface area contributed by atoms with Gasteiger partial charge in [0.2, 0.25) is 5.75 Å². The Morgan fingerprint density at radius 2 is 1.72 bits per heavy atom. The number of rotatable bonds is 7. The Kier molecular flexibility index (Phi) is 6.08. The molecule has 7 nitrogen and oxygen atoms in total. The molecule has 7 heteroatoms. The fraction of sp³-hybridized carbons (Fsp3) is 0.278. The number of nitrogens with two attached hydrogens (primary N) is 1. The molecule has 0 spiro atoms. The number of urea groups is 1. The van der Waals surface area contributed by atoms with Crippen molar-refractivity contribution in [2.75, 3.05) is 14.2 Å². The highest BCUT2D eigenvalue weighted by molar-refractivity contribution is 5.71. The molecule has 1 atom stereocenters. The highest BCUT2D eigenvalue weighted by Gasteiger charge is 2.22. The average molecular weight is 346 g/mol. The van der Waals surface area contributed by atoms with Gasteiger partial charge in [0.15, 0.2) is 11.5 Å². The van der Waals surface area contributed by atoms with Gasteiger partial charge in [-0.05, 0) is 30.2 Å². The van der Waals surface area contributed by atoms with Gasteiger partial charge in [-0.3, -0.25) is 5.21 Å². The normalized spacial score (nSPS) is 11.5. The summed E-state index contributed by atoms with van der Waals surface area (Å²) in [6, 6.07) is 11.4. The monoisotopic (exact) mass is 346 g/mol. The summed E-state index contributed by atoms with van der Waals surface area (Å²) < 4.78 is 16.6. The Balaban J connectivity index is 2.32. The molecular weight excluding hydrogens is 324 g/mol. The fourth-order valence-corrected chi connectivity index (χ4v) is 2.35. The lowest BCUT2D eigenvalue weighted by molar-refractivity contribution is -0.0710. The minimum absolute atomic E-state index is 0.343. The molecule has 3 N–H and O–H groups in total. The first-order valence-electron chi connectivity index (χ1n) is 7.68. The number of hydrogen-bond donors (Lipinski definition) is 2. The number of ether oxygens (including phenoxy) is 3. The molecule has 2 rings (SSSR count). The largest absolute Gasteiger partial charge is 0.493 e. The van der Waals surface area contributed by atoms with Crippen molar-refractivity contribution >= 4 is 6.03 Å². The van der Waals surface area contributed by atoms with Crippen LogP contribution in [0.1, 0.15) is 24.1 Å². The van der Waals surface area contributed by atoms with Crippen LogP contribution in [-0.4, -0.2) is 30.5 Å². The number of hydrogen-bond acceptors (Lipinski definition) is 5. The molecule has 0 aliphatic carbocycles. The summed E-state index contributed by atoms with van der Waals surface area (Å²) in [5.74, 6) is 1.29. The molecule has 0 saturated heterocycles. The Morgan fingerprint density at radius 3 is 2.20 bits per heavy atom. The smallest absolute Gasteiger partial charge is 0.339 e. The maximum Gasteiger partial charge on any atom is 0.339 e. The van der Waals surface area contributed by atoms with Gasteiger partial charge in [0.05, 0.1) is 20.3 Å². The number of benzene rings is 2. The molecule has 134 valence electrons. The van der Waals surface area contributed by atoms with E-state index in [-0.39, 0.29) is 0 Å². The van der Waals surface area contributed by atoms with Crippen LogP contribution in [0.25, 0.3) is 0 Å². The van der Waals surface area contributed by atoms with Crippen LogP contribution in [0.2, 0.25) is 0 Å². The van der Waals surface area contributed by atoms with Crippen LogP contribution in [0.15, 0.2) is 42.5 Å². The summed E-state index contributed by atoms with van der Waals surface area (Å²) in [7, 11) is 3.01. The second-order valence-electron chi connectivity index (χ2n) is 5.39. The van der Waals surface area contributed by atoms with Gasteiger partial charge in [0, 0.05) is 0 Å². The molecule has 2 aromatic rings. The molecule has 0 heterocycles. The van der Waals surface area contributed by atoms with Crippen LogP contribution < -0.4 is 19.9 Å². The third-order valence-corrected chi connectivity index (χ3v) is 3.78. The van der Waals surface area contributed by atoms with E-state index in [1.807, 2.05) is 30.3 Å². The van der Waals surface area contributed by atoms with Crippen LogP contribution in [0, 0.1) is 0 Å². The summed E-state index contributed by atoms with van der Waals surface area (Å²) in [4.78, 5) is 11.2. The summed E-state index contributed by atoms with van der Waals surface area (Å²) in [5, 5.41) is 10.2. The summed E-state index contributed by atoms with van der Waals surface area (Å²) in [5.41, 5.74) is 6.69. The van der Waals surface area contributed by atoms with Gasteiger partial charge in [-0.1, -0.05) is 30.3 Å². The Morgan fingerprint density at radius 1 is 1.16 bits per heavy atom. The van der Waals surface area contributed by atoms with E-state index in [1.54, 1.807) is 19.1 Å². The Hall–Kier alpha value is -2.93. The van der Waals surface area contributed by atoms with Gasteiger partial charge in [0.25, 0.3) is 0 Å². The molecule has 0 radical (unpaired) electrons. The van der Waals surface area contributed by atoms with Crippen LogP contribution in [0.4, 0.5) is 4.79 Å². The number of carbonyl (C=O) groups is 1. The highest BCUT2D eigenvalue weighted by atomic mass is 16.5. The number of primary amides is 1. The minimum atomic E-state index is -0.949. The van der Waals surface area contributed by atoms with Crippen LogP contribution >= 0.6 is 0 Å². The third-order valence-electron chi connectivity index (χ3n) is 3.78. The molecule has 2 aromatic carbocycles. The number of carbonyl (C=O) groups excluding carboxylic acids is 1. The lowest BCUT2D eigenvalue weighted by Gasteiger charge is -2.23. The van der Waals surface area contributed by atoms with E-state index in [2.05, 4.69) is 0 Å². The van der Waals surface area contributed by atoms with Crippen molar-refractivity contribution in [2.24, 2.45) is 5.73 Å². The standard InChI is InChI=1S/C18H22N2O5/c1-12(20(22)18(19)21)14-9-15(23-2)17(16(10-14)24-3)25-11-13-7-5-4-6-8-13/h4-10,12,22H,11H2,1-3H3,(H2,19,21). The predicted octanol–water partition coefficient (Wildman–Crippen LogP) is 3.11. The van der Waals surface area contributed by atoms with Gasteiger partial charge in [-0.15, -0.1) is 0 Å². The van der Waals surface area contributed by atoms with Gasteiger partial charge < -0.3 is 19.9 Å².